The maximum Gasteiger partial charge on any atom is 0.340 e. The largest absolute Gasteiger partial charge is 0.478 e. The van der Waals surface area contributed by atoms with Crippen LogP contribution in [-0.2, 0) is 16.6 Å². The molecule has 0 radical (unpaired) electrons. The van der Waals surface area contributed by atoms with Crippen molar-refractivity contribution in [2.75, 3.05) is 0 Å². The van der Waals surface area contributed by atoms with Gasteiger partial charge in [-0.25, -0.2) is 17.9 Å². The van der Waals surface area contributed by atoms with Crippen LogP contribution >= 0.6 is 0 Å². The van der Waals surface area contributed by atoms with Crippen molar-refractivity contribution in [1.29, 1.82) is 0 Å². The number of H-pyrrole nitrogens is 1. The summed E-state index contributed by atoms with van der Waals surface area (Å²) in [6.45, 7) is 2.82. The fourth-order valence-electron chi connectivity index (χ4n) is 1.86. The maximum atomic E-state index is 12.2. The number of rotatable bonds is 5. The Kier molecular flexibility index (Phi) is 3.64. The van der Waals surface area contributed by atoms with E-state index in [-0.39, 0.29) is 28.5 Å². The molecule has 2 aromatic rings. The Morgan fingerprint density at radius 2 is 2.15 bits per heavy atom. The first-order valence-corrected chi connectivity index (χ1v) is 7.12. The molecular weight excluding hydrogens is 286 g/mol. The third kappa shape index (κ3) is 2.58. The standard InChI is InChI=1S/C11H13N3O5S/c1-6-9(11(15)16)10(7(2)19-6)20(17,18)14-5-8-3-12-13-4-8/h3-4,14H,5H2,1-2H3,(H,12,13)(H,15,16). The number of aromatic nitrogens is 2. The molecule has 0 aliphatic heterocycles. The summed E-state index contributed by atoms with van der Waals surface area (Å²) in [6.07, 6.45) is 3.00. The first-order chi connectivity index (χ1) is 9.33. The second-order valence-corrected chi connectivity index (χ2v) is 5.86. The summed E-state index contributed by atoms with van der Waals surface area (Å²) in [5.74, 6) is -1.25. The van der Waals surface area contributed by atoms with Crippen LogP contribution in [0.25, 0.3) is 0 Å². The van der Waals surface area contributed by atoms with Gasteiger partial charge in [0.15, 0.2) is 0 Å². The van der Waals surface area contributed by atoms with Crippen molar-refractivity contribution in [2.24, 2.45) is 0 Å². The summed E-state index contributed by atoms with van der Waals surface area (Å²) >= 11 is 0. The third-order valence-corrected chi connectivity index (χ3v) is 4.26. The normalized spacial score (nSPS) is 11.7. The zero-order valence-corrected chi connectivity index (χ0v) is 11.6. The van der Waals surface area contributed by atoms with Crippen molar-refractivity contribution in [3.63, 3.8) is 0 Å². The van der Waals surface area contributed by atoms with Crippen molar-refractivity contribution in [1.82, 2.24) is 14.9 Å². The van der Waals surface area contributed by atoms with Crippen LogP contribution in [0.1, 0.15) is 27.4 Å². The van der Waals surface area contributed by atoms with Crippen molar-refractivity contribution in [3.8, 4) is 0 Å². The topological polar surface area (TPSA) is 125 Å². The molecule has 0 amide bonds. The lowest BCUT2D eigenvalue weighted by atomic mass is 10.2. The van der Waals surface area contributed by atoms with Crippen LogP contribution in [0, 0.1) is 13.8 Å². The highest BCUT2D eigenvalue weighted by atomic mass is 32.2. The average Bonchev–Trinajstić information content (AvgIpc) is 2.94. The molecule has 0 spiro atoms. The van der Waals surface area contributed by atoms with Gasteiger partial charge >= 0.3 is 5.97 Å². The lowest BCUT2D eigenvalue weighted by Gasteiger charge is -2.05. The van der Waals surface area contributed by atoms with E-state index in [0.29, 0.717) is 5.56 Å². The van der Waals surface area contributed by atoms with Gasteiger partial charge in [0.1, 0.15) is 22.0 Å². The van der Waals surface area contributed by atoms with Crippen LogP contribution in [0.3, 0.4) is 0 Å². The zero-order valence-electron chi connectivity index (χ0n) is 10.8. The zero-order chi connectivity index (χ0) is 14.9. The first kappa shape index (κ1) is 14.3. The van der Waals surface area contributed by atoms with E-state index in [1.54, 1.807) is 0 Å². The smallest absolute Gasteiger partial charge is 0.340 e. The molecule has 0 saturated heterocycles. The fraction of sp³-hybridized carbons (Fsp3) is 0.273. The minimum absolute atomic E-state index is 0.00155. The van der Waals surface area contributed by atoms with Crippen molar-refractivity contribution in [3.05, 3.63) is 35.0 Å². The number of aryl methyl sites for hydroxylation is 2. The van der Waals surface area contributed by atoms with Crippen LogP contribution in [-0.4, -0.2) is 29.7 Å². The number of carboxylic acid groups (broad SMARTS) is 1. The van der Waals surface area contributed by atoms with E-state index in [2.05, 4.69) is 14.9 Å². The molecule has 2 heterocycles. The maximum absolute atomic E-state index is 12.2. The molecule has 8 nitrogen and oxygen atoms in total. The molecule has 0 fully saturated rings. The number of aromatic amines is 1. The van der Waals surface area contributed by atoms with E-state index in [4.69, 9.17) is 9.52 Å². The van der Waals surface area contributed by atoms with Crippen molar-refractivity contribution >= 4 is 16.0 Å². The van der Waals surface area contributed by atoms with Gasteiger partial charge in [-0.3, -0.25) is 5.10 Å². The van der Waals surface area contributed by atoms with Crippen LogP contribution in [0.5, 0.6) is 0 Å². The SMILES string of the molecule is Cc1oc(C)c(S(=O)(=O)NCc2cn[nH]c2)c1C(=O)O. The van der Waals surface area contributed by atoms with Crippen molar-refractivity contribution < 1.29 is 22.7 Å². The molecule has 3 N–H and O–H groups in total. The van der Waals surface area contributed by atoms with Gasteiger partial charge in [-0.2, -0.15) is 5.10 Å². The van der Waals surface area contributed by atoms with Crippen LogP contribution in [0.15, 0.2) is 21.7 Å². The summed E-state index contributed by atoms with van der Waals surface area (Å²) in [6, 6.07) is 0. The quantitative estimate of drug-likeness (QED) is 0.749. The Labute approximate surface area is 114 Å². The van der Waals surface area contributed by atoms with E-state index in [1.165, 1.54) is 26.2 Å². The van der Waals surface area contributed by atoms with E-state index in [9.17, 15) is 13.2 Å². The summed E-state index contributed by atoms with van der Waals surface area (Å²) in [5, 5.41) is 15.4. The highest BCUT2D eigenvalue weighted by Gasteiger charge is 2.30. The minimum atomic E-state index is -3.99. The van der Waals surface area contributed by atoms with Gasteiger partial charge in [0, 0.05) is 18.3 Å². The van der Waals surface area contributed by atoms with E-state index >= 15 is 0 Å². The van der Waals surface area contributed by atoms with Crippen molar-refractivity contribution in [2.45, 2.75) is 25.3 Å². The van der Waals surface area contributed by atoms with Gasteiger partial charge in [-0.05, 0) is 13.8 Å². The van der Waals surface area contributed by atoms with Gasteiger partial charge in [-0.15, -0.1) is 0 Å². The molecule has 9 heteroatoms. The second-order valence-electron chi connectivity index (χ2n) is 4.15. The average molecular weight is 299 g/mol. The Bertz CT molecular complexity index is 730. The summed E-state index contributed by atoms with van der Waals surface area (Å²) in [4.78, 5) is 10.8. The minimum Gasteiger partial charge on any atom is -0.478 e. The molecule has 0 aliphatic carbocycles. The molecule has 20 heavy (non-hydrogen) atoms. The highest BCUT2D eigenvalue weighted by molar-refractivity contribution is 7.89. The highest BCUT2D eigenvalue weighted by Crippen LogP contribution is 2.26. The van der Waals surface area contributed by atoms with E-state index < -0.39 is 16.0 Å². The van der Waals surface area contributed by atoms with Gasteiger partial charge in [0.05, 0.1) is 6.20 Å². The van der Waals surface area contributed by atoms with E-state index in [1.807, 2.05) is 0 Å². The summed E-state index contributed by atoms with van der Waals surface area (Å²) in [7, 11) is -3.99. The summed E-state index contributed by atoms with van der Waals surface area (Å²) < 4.78 is 31.9. The molecule has 2 aromatic heterocycles. The fourth-order valence-corrected chi connectivity index (χ4v) is 3.28. The second kappa shape index (κ2) is 5.10. The number of carbonyl (C=O) groups is 1. The molecule has 0 unspecified atom stereocenters. The number of nitrogens with one attached hydrogen (secondary N) is 2. The third-order valence-electron chi connectivity index (χ3n) is 2.71. The van der Waals surface area contributed by atoms with Crippen LogP contribution in [0.2, 0.25) is 0 Å². The molecular formula is C11H13N3O5S. The molecule has 0 aliphatic rings. The Morgan fingerprint density at radius 1 is 1.45 bits per heavy atom. The number of hydrogen-bond donors (Lipinski definition) is 3. The van der Waals surface area contributed by atoms with Gasteiger partial charge in [0.25, 0.3) is 0 Å². The van der Waals surface area contributed by atoms with Gasteiger partial charge in [0.2, 0.25) is 10.0 Å². The molecule has 0 aromatic carbocycles. The summed E-state index contributed by atoms with van der Waals surface area (Å²) in [5.41, 5.74) is 0.283. The van der Waals surface area contributed by atoms with Crippen LogP contribution < -0.4 is 4.72 Å². The number of furan rings is 1. The lowest BCUT2D eigenvalue weighted by Crippen LogP contribution is -2.25. The van der Waals surface area contributed by atoms with Gasteiger partial charge in [-0.1, -0.05) is 0 Å². The Balaban J connectivity index is 2.37. The Morgan fingerprint density at radius 3 is 2.70 bits per heavy atom. The van der Waals surface area contributed by atoms with Crippen LogP contribution in [0.4, 0.5) is 0 Å². The van der Waals surface area contributed by atoms with E-state index in [0.717, 1.165) is 0 Å². The molecule has 0 saturated carbocycles. The molecule has 108 valence electrons. The first-order valence-electron chi connectivity index (χ1n) is 5.63. The molecule has 0 atom stereocenters. The number of nitrogens with zero attached hydrogens (tertiary/aromatic N) is 1. The number of carboxylic acids is 1. The predicted octanol–water partition coefficient (Wildman–Crippen LogP) is 0.796. The van der Waals surface area contributed by atoms with Gasteiger partial charge < -0.3 is 9.52 Å². The monoisotopic (exact) mass is 299 g/mol. The Hall–Kier alpha value is -2.13. The predicted molar refractivity (Wildman–Crippen MR) is 67.8 cm³/mol. The number of aromatic carboxylic acids is 1. The number of hydrogen-bond acceptors (Lipinski definition) is 5. The molecule has 2 rings (SSSR count). The lowest BCUT2D eigenvalue weighted by molar-refractivity contribution is 0.0691. The molecule has 0 bridgehead atoms. The number of sulfonamides is 1.